The number of hydrogen-bond donors (Lipinski definition) is 2. The molecule has 0 bridgehead atoms. The van der Waals surface area contributed by atoms with Crippen molar-refractivity contribution >= 4 is 21.9 Å². The fourth-order valence-corrected chi connectivity index (χ4v) is 1.86. The molecule has 16 heavy (non-hydrogen) atoms. The van der Waals surface area contributed by atoms with Crippen LogP contribution < -0.4 is 5.32 Å². The lowest BCUT2D eigenvalue weighted by atomic mass is 10.1. The monoisotopic (exact) mass is 285 g/mol. The first-order valence-corrected chi connectivity index (χ1v) is 6.01. The largest absolute Gasteiger partial charge is 0.481 e. The molecule has 1 aromatic rings. The van der Waals surface area contributed by atoms with E-state index in [1.165, 1.54) is 0 Å². The number of rotatable bonds is 5. The summed E-state index contributed by atoms with van der Waals surface area (Å²) >= 11 is 3.38. The molecule has 2 N–H and O–H groups in total. The first kappa shape index (κ1) is 13.2. The van der Waals surface area contributed by atoms with E-state index in [1.807, 2.05) is 38.1 Å². The highest BCUT2D eigenvalue weighted by Crippen LogP contribution is 2.17. The zero-order chi connectivity index (χ0) is 12.1. The lowest BCUT2D eigenvalue weighted by Crippen LogP contribution is -2.30. The van der Waals surface area contributed by atoms with Crippen LogP contribution >= 0.6 is 15.9 Å². The van der Waals surface area contributed by atoms with Gasteiger partial charge in [-0.15, -0.1) is 0 Å². The van der Waals surface area contributed by atoms with Crippen molar-refractivity contribution < 1.29 is 9.90 Å². The van der Waals surface area contributed by atoms with Crippen LogP contribution in [0.15, 0.2) is 28.7 Å². The average Bonchev–Trinajstić information content (AvgIpc) is 2.16. The molecule has 1 aromatic carbocycles. The number of benzene rings is 1. The fraction of sp³-hybridized carbons (Fsp3) is 0.417. The van der Waals surface area contributed by atoms with Gasteiger partial charge in [-0.2, -0.15) is 0 Å². The molecule has 1 rings (SSSR count). The molecule has 0 heterocycles. The number of carboxylic acid groups (broad SMARTS) is 1. The van der Waals surface area contributed by atoms with Crippen molar-refractivity contribution in [3.05, 3.63) is 34.3 Å². The standard InChI is InChI=1S/C12H16BrNO2/c1-8(7-12(15)16)14-9(2)10-3-5-11(13)6-4-10/h3-6,8-9,14H,7H2,1-2H3,(H,15,16)/t8?,9-/m1/s1. The molecule has 3 nitrogen and oxygen atoms in total. The third-order valence-corrected chi connectivity index (χ3v) is 2.91. The SMILES string of the molecule is CC(CC(=O)O)N[C@H](C)c1ccc(Br)cc1. The number of hydrogen-bond acceptors (Lipinski definition) is 2. The Bertz CT molecular complexity index is 351. The van der Waals surface area contributed by atoms with E-state index >= 15 is 0 Å². The number of halogens is 1. The van der Waals surface area contributed by atoms with Crippen molar-refractivity contribution in [2.45, 2.75) is 32.4 Å². The van der Waals surface area contributed by atoms with Gasteiger partial charge in [-0.1, -0.05) is 28.1 Å². The molecule has 0 saturated carbocycles. The minimum Gasteiger partial charge on any atom is -0.481 e. The summed E-state index contributed by atoms with van der Waals surface area (Å²) in [4.78, 5) is 10.5. The third kappa shape index (κ3) is 4.33. The molecule has 0 aliphatic rings. The Kier molecular flexibility index (Phi) is 4.96. The Morgan fingerprint density at radius 2 is 1.94 bits per heavy atom. The van der Waals surface area contributed by atoms with Crippen molar-refractivity contribution in [3.8, 4) is 0 Å². The Hall–Kier alpha value is -0.870. The minimum absolute atomic E-state index is 0.0313. The van der Waals surface area contributed by atoms with Crippen molar-refractivity contribution in [3.63, 3.8) is 0 Å². The zero-order valence-corrected chi connectivity index (χ0v) is 11.0. The number of nitrogens with one attached hydrogen (secondary N) is 1. The molecule has 0 fully saturated rings. The van der Waals surface area contributed by atoms with Crippen LogP contribution in [0.25, 0.3) is 0 Å². The first-order valence-electron chi connectivity index (χ1n) is 5.22. The van der Waals surface area contributed by atoms with Crippen molar-refractivity contribution in [2.75, 3.05) is 0 Å². The number of carboxylic acids is 1. The summed E-state index contributed by atoms with van der Waals surface area (Å²) in [5.41, 5.74) is 1.15. The fourth-order valence-electron chi connectivity index (χ4n) is 1.60. The van der Waals surface area contributed by atoms with Crippen LogP contribution in [0.2, 0.25) is 0 Å². The molecule has 2 atom stereocenters. The van der Waals surface area contributed by atoms with Gasteiger partial charge >= 0.3 is 5.97 Å². The first-order chi connectivity index (χ1) is 7.49. The predicted molar refractivity (Wildman–Crippen MR) is 67.4 cm³/mol. The van der Waals surface area contributed by atoms with Gasteiger partial charge in [0.05, 0.1) is 6.42 Å². The minimum atomic E-state index is -0.775. The van der Waals surface area contributed by atoms with Gasteiger partial charge in [0.15, 0.2) is 0 Å². The quantitative estimate of drug-likeness (QED) is 0.875. The Balaban J connectivity index is 2.54. The van der Waals surface area contributed by atoms with E-state index in [2.05, 4.69) is 21.2 Å². The summed E-state index contributed by atoms with van der Waals surface area (Å²) in [6, 6.07) is 8.13. The molecule has 4 heteroatoms. The van der Waals surface area contributed by atoms with Gasteiger partial charge in [0, 0.05) is 16.6 Å². The molecule has 88 valence electrons. The Morgan fingerprint density at radius 1 is 1.38 bits per heavy atom. The second kappa shape index (κ2) is 6.01. The van der Waals surface area contributed by atoms with Gasteiger partial charge in [-0.05, 0) is 31.5 Å². The maximum absolute atomic E-state index is 10.5. The normalized spacial score (nSPS) is 14.4. The topological polar surface area (TPSA) is 49.3 Å². The van der Waals surface area contributed by atoms with Gasteiger partial charge in [-0.25, -0.2) is 0 Å². The molecule has 0 aromatic heterocycles. The van der Waals surface area contributed by atoms with E-state index in [0.29, 0.717) is 0 Å². The highest BCUT2D eigenvalue weighted by molar-refractivity contribution is 9.10. The van der Waals surface area contributed by atoms with Crippen LogP contribution in [-0.4, -0.2) is 17.1 Å². The van der Waals surface area contributed by atoms with Gasteiger partial charge in [0.1, 0.15) is 0 Å². The average molecular weight is 286 g/mol. The summed E-state index contributed by atoms with van der Waals surface area (Å²) in [5.74, 6) is -0.775. The van der Waals surface area contributed by atoms with E-state index in [4.69, 9.17) is 5.11 Å². The molecule has 0 saturated heterocycles. The van der Waals surface area contributed by atoms with Crippen molar-refractivity contribution in [1.82, 2.24) is 5.32 Å². The lowest BCUT2D eigenvalue weighted by molar-refractivity contribution is -0.137. The van der Waals surface area contributed by atoms with E-state index in [0.717, 1.165) is 10.0 Å². The lowest BCUT2D eigenvalue weighted by Gasteiger charge is -2.19. The van der Waals surface area contributed by atoms with Gasteiger partial charge in [0.2, 0.25) is 0 Å². The van der Waals surface area contributed by atoms with Gasteiger partial charge < -0.3 is 10.4 Å². The summed E-state index contributed by atoms with van der Waals surface area (Å²) in [6.45, 7) is 3.91. The molecule has 0 amide bonds. The highest BCUT2D eigenvalue weighted by Gasteiger charge is 2.11. The molecule has 1 unspecified atom stereocenters. The van der Waals surface area contributed by atoms with Crippen molar-refractivity contribution in [2.24, 2.45) is 0 Å². The third-order valence-electron chi connectivity index (χ3n) is 2.39. The molecule has 0 radical (unpaired) electrons. The molecular formula is C12H16BrNO2. The Morgan fingerprint density at radius 3 is 2.44 bits per heavy atom. The van der Waals surface area contributed by atoms with Crippen LogP contribution in [0.1, 0.15) is 31.9 Å². The highest BCUT2D eigenvalue weighted by atomic mass is 79.9. The van der Waals surface area contributed by atoms with E-state index < -0.39 is 5.97 Å². The molecular weight excluding hydrogens is 270 g/mol. The van der Waals surface area contributed by atoms with Crippen LogP contribution in [0, 0.1) is 0 Å². The number of aliphatic carboxylic acids is 1. The van der Waals surface area contributed by atoms with Crippen LogP contribution in [0.5, 0.6) is 0 Å². The predicted octanol–water partition coefficient (Wildman–Crippen LogP) is 2.96. The van der Waals surface area contributed by atoms with Crippen LogP contribution in [-0.2, 0) is 4.79 Å². The van der Waals surface area contributed by atoms with E-state index in [1.54, 1.807) is 0 Å². The summed E-state index contributed by atoms with van der Waals surface area (Å²) in [5, 5.41) is 11.9. The smallest absolute Gasteiger partial charge is 0.304 e. The van der Waals surface area contributed by atoms with E-state index in [-0.39, 0.29) is 18.5 Å². The second-order valence-corrected chi connectivity index (χ2v) is 4.85. The second-order valence-electron chi connectivity index (χ2n) is 3.94. The molecule has 0 aliphatic heterocycles. The maximum Gasteiger partial charge on any atom is 0.304 e. The summed E-state index contributed by atoms with van der Waals surface area (Å²) in [6.07, 6.45) is 0.140. The molecule has 0 spiro atoms. The Labute approximate surface area is 104 Å². The maximum atomic E-state index is 10.5. The van der Waals surface area contributed by atoms with Crippen LogP contribution in [0.3, 0.4) is 0 Å². The summed E-state index contributed by atoms with van der Waals surface area (Å²) in [7, 11) is 0. The van der Waals surface area contributed by atoms with Gasteiger partial charge in [0.25, 0.3) is 0 Å². The molecule has 0 aliphatic carbocycles. The number of carbonyl (C=O) groups is 1. The van der Waals surface area contributed by atoms with Gasteiger partial charge in [-0.3, -0.25) is 4.79 Å². The summed E-state index contributed by atoms with van der Waals surface area (Å²) < 4.78 is 1.04. The van der Waals surface area contributed by atoms with Crippen molar-refractivity contribution in [1.29, 1.82) is 0 Å². The zero-order valence-electron chi connectivity index (χ0n) is 9.40. The van der Waals surface area contributed by atoms with Crippen LogP contribution in [0.4, 0.5) is 0 Å². The van der Waals surface area contributed by atoms with E-state index in [9.17, 15) is 4.79 Å².